The minimum absolute atomic E-state index is 0.153. The van der Waals surface area contributed by atoms with E-state index < -0.39 is 6.10 Å². The molecule has 4 saturated carbocycles. The molecule has 2 heterocycles. The molecule has 5 aliphatic rings. The van der Waals surface area contributed by atoms with Gasteiger partial charge in [-0.15, -0.1) is 0 Å². The van der Waals surface area contributed by atoms with Crippen LogP contribution in [0.25, 0.3) is 0 Å². The number of ether oxygens (including phenoxy) is 1. The molecule has 1 saturated heterocycles. The maximum atomic E-state index is 11.6. The van der Waals surface area contributed by atoms with Crippen molar-refractivity contribution in [2.45, 2.75) is 88.6 Å². The Balaban J connectivity index is 1.39. The molecule has 0 bridgehead atoms. The lowest BCUT2D eigenvalue weighted by Crippen LogP contribution is -2.63. The summed E-state index contributed by atoms with van der Waals surface area (Å²) in [6, 6.07) is 3.37. The van der Waals surface area contributed by atoms with Crippen molar-refractivity contribution < 1.29 is 19.4 Å². The Morgan fingerprint density at radius 2 is 1.86 bits per heavy atom. The molecule has 5 nitrogen and oxygen atoms in total. The molecule has 29 heavy (non-hydrogen) atoms. The molecule has 2 unspecified atom stereocenters. The SMILES string of the molecule is C[C@]12[C@H](O)CC3C(CC[C@@H]4C[C@@H](O)CC[C@]34C)[C@]13O[C@@H]3C[C@@H]2c1ccc(=O)oc1. The number of hydrogen-bond donors (Lipinski definition) is 2. The van der Waals surface area contributed by atoms with Crippen LogP contribution in [0, 0.1) is 28.6 Å². The van der Waals surface area contributed by atoms with E-state index in [1.54, 1.807) is 6.26 Å². The van der Waals surface area contributed by atoms with Crippen LogP contribution in [0.2, 0.25) is 0 Å². The highest BCUT2D eigenvalue weighted by Crippen LogP contribution is 2.77. The first kappa shape index (κ1) is 18.6. The van der Waals surface area contributed by atoms with E-state index in [1.807, 2.05) is 6.07 Å². The molecule has 10 atom stereocenters. The topological polar surface area (TPSA) is 83.2 Å². The van der Waals surface area contributed by atoms with Crippen LogP contribution in [0.1, 0.15) is 70.3 Å². The van der Waals surface area contributed by atoms with Crippen LogP contribution in [0.5, 0.6) is 0 Å². The molecule has 158 valence electrons. The third kappa shape index (κ3) is 2.14. The summed E-state index contributed by atoms with van der Waals surface area (Å²) in [6.07, 6.45) is 8.04. The Morgan fingerprint density at radius 3 is 2.62 bits per heavy atom. The molecule has 5 heteroatoms. The first-order valence-electron chi connectivity index (χ1n) is 11.4. The number of fused-ring (bicyclic) bond motifs is 3. The first-order chi connectivity index (χ1) is 13.8. The van der Waals surface area contributed by atoms with Gasteiger partial charge in [-0.25, -0.2) is 4.79 Å². The number of aliphatic hydroxyl groups excluding tert-OH is 2. The fourth-order valence-corrected chi connectivity index (χ4v) is 8.70. The van der Waals surface area contributed by atoms with E-state index in [2.05, 4.69) is 13.8 Å². The standard InChI is InChI=1S/C24H32O5/c1-22-8-7-15(25)9-14(22)4-5-16-18(22)10-19(26)23(2)17(11-20-24(16,23)29-20)13-3-6-21(27)28-12-13/h3,6,12,14-20,25-26H,4-5,7-11H2,1-2H3/t14-,15+,16?,17-,18?,19-,20-,22+,23+,24-/m1/s1. The molecule has 1 spiro atoms. The molecule has 1 aliphatic heterocycles. The molecule has 0 radical (unpaired) electrons. The van der Waals surface area contributed by atoms with Gasteiger partial charge in [-0.2, -0.15) is 0 Å². The van der Waals surface area contributed by atoms with Crippen molar-refractivity contribution in [2.24, 2.45) is 28.6 Å². The summed E-state index contributed by atoms with van der Waals surface area (Å²) in [7, 11) is 0. The van der Waals surface area contributed by atoms with Crippen molar-refractivity contribution in [3.63, 3.8) is 0 Å². The van der Waals surface area contributed by atoms with Gasteiger partial charge >= 0.3 is 5.63 Å². The Morgan fingerprint density at radius 1 is 1.03 bits per heavy atom. The van der Waals surface area contributed by atoms with E-state index >= 15 is 0 Å². The highest BCUT2D eigenvalue weighted by Gasteiger charge is 2.82. The number of hydrogen-bond acceptors (Lipinski definition) is 5. The predicted octanol–water partition coefficient (Wildman–Crippen LogP) is 3.23. The lowest BCUT2D eigenvalue weighted by atomic mass is 9.43. The van der Waals surface area contributed by atoms with Gasteiger partial charge in [0.1, 0.15) is 5.60 Å². The van der Waals surface area contributed by atoms with Gasteiger partial charge < -0.3 is 19.4 Å². The fraction of sp³-hybridized carbons (Fsp3) is 0.792. The highest BCUT2D eigenvalue weighted by molar-refractivity contribution is 5.36. The first-order valence-corrected chi connectivity index (χ1v) is 11.4. The predicted molar refractivity (Wildman–Crippen MR) is 106 cm³/mol. The van der Waals surface area contributed by atoms with Crippen LogP contribution < -0.4 is 5.63 Å². The van der Waals surface area contributed by atoms with E-state index in [4.69, 9.17) is 9.15 Å². The second kappa shape index (κ2) is 5.74. The molecule has 4 aliphatic carbocycles. The van der Waals surface area contributed by atoms with Gasteiger partial charge in [0.15, 0.2) is 0 Å². The van der Waals surface area contributed by atoms with Gasteiger partial charge in [0.05, 0.1) is 24.6 Å². The van der Waals surface area contributed by atoms with Crippen molar-refractivity contribution in [1.82, 2.24) is 0 Å². The Kier molecular flexibility index (Phi) is 3.68. The lowest BCUT2D eigenvalue weighted by Gasteiger charge is -2.62. The maximum absolute atomic E-state index is 11.6. The second-order valence-electron chi connectivity index (χ2n) is 11.0. The van der Waals surface area contributed by atoms with E-state index in [-0.39, 0.29) is 40.2 Å². The van der Waals surface area contributed by atoms with E-state index in [0.717, 1.165) is 50.5 Å². The van der Waals surface area contributed by atoms with E-state index in [9.17, 15) is 15.0 Å². The fourth-order valence-electron chi connectivity index (χ4n) is 8.70. The van der Waals surface area contributed by atoms with Crippen molar-refractivity contribution >= 4 is 0 Å². The van der Waals surface area contributed by atoms with Crippen LogP contribution in [0.15, 0.2) is 27.6 Å². The number of aliphatic hydroxyl groups is 2. The molecular formula is C24H32O5. The van der Waals surface area contributed by atoms with E-state index in [1.165, 1.54) is 6.07 Å². The number of rotatable bonds is 1. The van der Waals surface area contributed by atoms with Gasteiger partial charge in [0.25, 0.3) is 0 Å². The smallest absolute Gasteiger partial charge is 0.335 e. The van der Waals surface area contributed by atoms with E-state index in [0.29, 0.717) is 17.8 Å². The van der Waals surface area contributed by atoms with Gasteiger partial charge in [-0.05, 0) is 79.7 Å². The van der Waals surface area contributed by atoms with Crippen molar-refractivity contribution in [3.05, 3.63) is 34.4 Å². The average Bonchev–Trinajstić information content (AvgIpc) is 3.35. The zero-order chi connectivity index (χ0) is 20.2. The molecule has 1 aromatic rings. The molecular weight excluding hydrogens is 368 g/mol. The highest BCUT2D eigenvalue weighted by atomic mass is 16.6. The summed E-state index contributed by atoms with van der Waals surface area (Å²) in [5.41, 5.74) is 0.271. The van der Waals surface area contributed by atoms with Gasteiger partial charge in [-0.3, -0.25) is 0 Å². The van der Waals surface area contributed by atoms with Crippen LogP contribution in [0.3, 0.4) is 0 Å². The summed E-state index contributed by atoms with van der Waals surface area (Å²) in [5, 5.41) is 21.8. The summed E-state index contributed by atoms with van der Waals surface area (Å²) in [6.45, 7) is 4.64. The number of epoxide rings is 1. The zero-order valence-corrected chi connectivity index (χ0v) is 17.3. The molecule has 5 fully saturated rings. The maximum Gasteiger partial charge on any atom is 0.335 e. The molecule has 1 aromatic heterocycles. The molecule has 0 aromatic carbocycles. The summed E-state index contributed by atoms with van der Waals surface area (Å²) in [5.74, 6) is 1.63. The van der Waals surface area contributed by atoms with Gasteiger partial charge in [0, 0.05) is 17.4 Å². The monoisotopic (exact) mass is 400 g/mol. The van der Waals surface area contributed by atoms with Gasteiger partial charge in [0.2, 0.25) is 0 Å². The normalized spacial score (nSPS) is 55.4. The third-order valence-electron chi connectivity index (χ3n) is 10.3. The summed E-state index contributed by atoms with van der Waals surface area (Å²) in [4.78, 5) is 11.5. The lowest BCUT2D eigenvalue weighted by molar-refractivity contribution is -0.182. The largest absolute Gasteiger partial charge is 0.431 e. The summed E-state index contributed by atoms with van der Waals surface area (Å²) >= 11 is 0. The third-order valence-corrected chi connectivity index (χ3v) is 10.3. The van der Waals surface area contributed by atoms with Crippen molar-refractivity contribution in [3.8, 4) is 0 Å². The Hall–Kier alpha value is -1.17. The minimum Gasteiger partial charge on any atom is -0.431 e. The van der Waals surface area contributed by atoms with Crippen LogP contribution in [-0.2, 0) is 4.74 Å². The molecule has 2 N–H and O–H groups in total. The van der Waals surface area contributed by atoms with Crippen molar-refractivity contribution in [1.29, 1.82) is 0 Å². The van der Waals surface area contributed by atoms with Crippen molar-refractivity contribution in [2.75, 3.05) is 0 Å². The van der Waals surface area contributed by atoms with Crippen LogP contribution in [-0.4, -0.2) is 34.1 Å². The Bertz CT molecular complexity index is 875. The average molecular weight is 401 g/mol. The van der Waals surface area contributed by atoms with Gasteiger partial charge in [-0.1, -0.05) is 13.8 Å². The Labute approximate surface area is 171 Å². The second-order valence-corrected chi connectivity index (χ2v) is 11.0. The minimum atomic E-state index is -0.435. The summed E-state index contributed by atoms with van der Waals surface area (Å²) < 4.78 is 11.7. The molecule has 6 rings (SSSR count). The zero-order valence-electron chi connectivity index (χ0n) is 17.3. The molecule has 0 amide bonds. The quantitative estimate of drug-likeness (QED) is 0.707. The van der Waals surface area contributed by atoms with Crippen LogP contribution in [0.4, 0.5) is 0 Å². The van der Waals surface area contributed by atoms with Crippen LogP contribution >= 0.6 is 0 Å².